The molecule has 0 bridgehead atoms. The number of fused-ring (bicyclic) bond motifs is 2. The van der Waals surface area contributed by atoms with E-state index in [-0.39, 0.29) is 37.7 Å². The number of imidazole rings is 1. The molecule has 0 aliphatic carbocycles. The Hall–Kier alpha value is -4.75. The molecule has 0 radical (unpaired) electrons. The van der Waals surface area contributed by atoms with E-state index in [0.29, 0.717) is 35.7 Å². The third-order valence-corrected chi connectivity index (χ3v) is 8.63. The Labute approximate surface area is 261 Å². The van der Waals surface area contributed by atoms with Crippen molar-refractivity contribution in [2.45, 2.75) is 57.9 Å². The molecular weight excluding hydrogens is 598 g/mol. The minimum absolute atomic E-state index is 0.00577. The van der Waals surface area contributed by atoms with Gasteiger partial charge in [-0.15, -0.1) is 0 Å². The van der Waals surface area contributed by atoms with Crippen molar-refractivity contribution in [2.24, 2.45) is 0 Å². The van der Waals surface area contributed by atoms with Crippen LogP contribution in [0.15, 0.2) is 72.8 Å². The molecule has 45 heavy (non-hydrogen) atoms. The van der Waals surface area contributed by atoms with E-state index in [1.807, 2.05) is 49.4 Å². The van der Waals surface area contributed by atoms with Gasteiger partial charge in [0.25, 0.3) is 5.91 Å². The van der Waals surface area contributed by atoms with Crippen molar-refractivity contribution >= 4 is 44.5 Å². The van der Waals surface area contributed by atoms with Gasteiger partial charge >= 0.3 is 5.97 Å². The third-order valence-electron chi connectivity index (χ3n) is 7.16. The number of carbonyl (C=O) groups is 3. The molecule has 2 heterocycles. The number of hydrogen-bond acceptors (Lipinski definition) is 8. The number of hydrogen-bond donors (Lipinski definition) is 4. The van der Waals surface area contributed by atoms with E-state index in [9.17, 15) is 22.8 Å². The lowest BCUT2D eigenvalue weighted by Gasteiger charge is -2.26. The first-order valence-corrected chi connectivity index (χ1v) is 16.4. The molecule has 1 aromatic heterocycles. The van der Waals surface area contributed by atoms with Gasteiger partial charge in [-0.3, -0.25) is 14.4 Å². The van der Waals surface area contributed by atoms with E-state index >= 15 is 0 Å². The van der Waals surface area contributed by atoms with Gasteiger partial charge < -0.3 is 25.1 Å². The highest BCUT2D eigenvalue weighted by atomic mass is 32.2. The fourth-order valence-electron chi connectivity index (χ4n) is 4.82. The van der Waals surface area contributed by atoms with Gasteiger partial charge in [0.15, 0.2) is 6.10 Å². The normalized spacial score (nSPS) is 15.0. The molecule has 2 amide bonds. The number of H-pyrrole nitrogens is 1. The Balaban J connectivity index is 1.21. The van der Waals surface area contributed by atoms with Gasteiger partial charge in [0, 0.05) is 0 Å². The molecular formula is C32H35N5O7S. The van der Waals surface area contributed by atoms with Gasteiger partial charge in [0.2, 0.25) is 15.9 Å². The van der Waals surface area contributed by atoms with Gasteiger partial charge in [0.05, 0.1) is 35.4 Å². The maximum absolute atomic E-state index is 13.1. The van der Waals surface area contributed by atoms with Crippen molar-refractivity contribution in [3.8, 4) is 5.75 Å². The maximum Gasteiger partial charge on any atom is 0.324 e. The number of nitrogens with one attached hydrogen (secondary N) is 4. The van der Waals surface area contributed by atoms with E-state index in [1.54, 1.807) is 30.3 Å². The number of anilines is 1. The minimum atomic E-state index is -3.75. The van der Waals surface area contributed by atoms with Crippen LogP contribution in [0, 0.1) is 0 Å². The maximum atomic E-state index is 13.1. The van der Waals surface area contributed by atoms with Gasteiger partial charge in [-0.2, -0.15) is 0 Å². The molecule has 5 rings (SSSR count). The molecule has 236 valence electrons. The summed E-state index contributed by atoms with van der Waals surface area (Å²) < 4.78 is 39.2. The first-order valence-electron chi connectivity index (χ1n) is 14.7. The number of para-hydroxylation sites is 2. The van der Waals surface area contributed by atoms with Crippen LogP contribution in [0.5, 0.6) is 5.75 Å². The Morgan fingerprint density at radius 3 is 2.60 bits per heavy atom. The lowest BCUT2D eigenvalue weighted by Crippen LogP contribution is -2.44. The van der Waals surface area contributed by atoms with E-state index in [1.165, 1.54) is 0 Å². The van der Waals surface area contributed by atoms with Crippen LogP contribution in [0.25, 0.3) is 11.0 Å². The fraction of sp³-hybridized carbons (Fsp3) is 0.312. The Morgan fingerprint density at radius 1 is 1.04 bits per heavy atom. The Kier molecular flexibility index (Phi) is 10.1. The average molecular weight is 634 g/mol. The summed E-state index contributed by atoms with van der Waals surface area (Å²) in [5.74, 6) is -0.787. The monoisotopic (exact) mass is 633 g/mol. The molecule has 0 fully saturated rings. The van der Waals surface area contributed by atoms with Crippen LogP contribution >= 0.6 is 0 Å². The molecule has 12 nitrogen and oxygen atoms in total. The number of amides is 2. The number of unbranched alkanes of at least 4 members (excludes halogenated alkanes) is 1. The lowest BCUT2D eigenvalue weighted by atomic mass is 10.0. The number of aromatic nitrogens is 2. The second-order valence-electron chi connectivity index (χ2n) is 10.7. The number of ether oxygens (including phenoxy) is 2. The van der Waals surface area contributed by atoms with Crippen molar-refractivity contribution in [1.82, 2.24) is 20.0 Å². The highest BCUT2D eigenvalue weighted by molar-refractivity contribution is 7.89. The SMILES string of the molecule is CCCCS(=O)(=O)N[C@@H](Cc1ccc2c(c1)NC(=O)C(CC(=O)NCc1nc3ccccc3[nH]1)O2)C(=O)OCc1ccccc1. The zero-order chi connectivity index (χ0) is 31.8. The van der Waals surface area contributed by atoms with Crippen LogP contribution < -0.4 is 20.1 Å². The topological polar surface area (TPSA) is 169 Å². The van der Waals surface area contributed by atoms with E-state index < -0.39 is 34.0 Å². The highest BCUT2D eigenvalue weighted by Crippen LogP contribution is 2.32. The van der Waals surface area contributed by atoms with Crippen molar-refractivity contribution in [3.63, 3.8) is 0 Å². The third kappa shape index (κ3) is 8.67. The fourth-order valence-corrected chi connectivity index (χ4v) is 6.22. The zero-order valence-electron chi connectivity index (χ0n) is 24.7. The Bertz CT molecular complexity index is 1740. The first kappa shape index (κ1) is 31.7. The van der Waals surface area contributed by atoms with E-state index in [2.05, 4.69) is 25.3 Å². The van der Waals surface area contributed by atoms with Gasteiger partial charge in [-0.05, 0) is 48.2 Å². The summed E-state index contributed by atoms with van der Waals surface area (Å²) in [5, 5.41) is 5.51. The number of nitrogens with zero attached hydrogens (tertiary/aromatic N) is 1. The van der Waals surface area contributed by atoms with Gasteiger partial charge in [0.1, 0.15) is 24.2 Å². The van der Waals surface area contributed by atoms with Crippen molar-refractivity contribution < 1.29 is 32.3 Å². The van der Waals surface area contributed by atoms with Crippen LogP contribution in [0.2, 0.25) is 0 Å². The molecule has 1 aliphatic heterocycles. The summed E-state index contributed by atoms with van der Waals surface area (Å²) in [6.07, 6.45) is -0.149. The van der Waals surface area contributed by atoms with E-state index in [4.69, 9.17) is 9.47 Å². The van der Waals surface area contributed by atoms with Crippen LogP contribution in [0.4, 0.5) is 5.69 Å². The van der Waals surface area contributed by atoms with Crippen LogP contribution in [-0.4, -0.2) is 54.1 Å². The lowest BCUT2D eigenvalue weighted by molar-refractivity contribution is -0.147. The van der Waals surface area contributed by atoms with Crippen LogP contribution in [0.3, 0.4) is 0 Å². The largest absolute Gasteiger partial charge is 0.478 e. The zero-order valence-corrected chi connectivity index (χ0v) is 25.6. The number of rotatable bonds is 14. The molecule has 4 N–H and O–H groups in total. The standard InChI is InChI=1S/C32H35N5O7S/c1-2-3-15-45(41,42)37-26(32(40)43-20-21-9-5-4-6-10-21)17-22-13-14-27-25(16-22)36-31(39)28(44-27)18-30(38)33-19-29-34-23-11-7-8-12-24(23)35-29/h4-14,16,26,28,37H,2-3,15,17-20H2,1H3,(H,33,38)(H,34,35)(H,36,39)/t26-,28?/m0/s1. The number of carbonyl (C=O) groups excluding carboxylic acids is 3. The Morgan fingerprint density at radius 2 is 1.82 bits per heavy atom. The molecule has 3 aromatic carbocycles. The average Bonchev–Trinajstić information content (AvgIpc) is 3.45. The highest BCUT2D eigenvalue weighted by Gasteiger charge is 2.31. The number of benzene rings is 3. The number of sulfonamides is 1. The first-order chi connectivity index (χ1) is 21.7. The quantitative estimate of drug-likeness (QED) is 0.153. The molecule has 13 heteroatoms. The summed E-state index contributed by atoms with van der Waals surface area (Å²) >= 11 is 0. The minimum Gasteiger partial charge on any atom is -0.478 e. The number of esters is 1. The molecule has 2 atom stereocenters. The number of aromatic amines is 1. The van der Waals surface area contributed by atoms with Crippen molar-refractivity contribution in [1.29, 1.82) is 0 Å². The molecule has 0 saturated carbocycles. The van der Waals surface area contributed by atoms with Gasteiger partial charge in [-0.1, -0.05) is 61.9 Å². The summed E-state index contributed by atoms with van der Waals surface area (Å²) in [5.41, 5.74) is 3.33. The molecule has 4 aromatic rings. The van der Waals surface area contributed by atoms with Crippen LogP contribution in [0.1, 0.15) is 43.1 Å². The molecule has 0 saturated heterocycles. The van der Waals surface area contributed by atoms with Crippen molar-refractivity contribution in [2.75, 3.05) is 11.1 Å². The predicted octanol–water partition coefficient (Wildman–Crippen LogP) is 3.34. The smallest absolute Gasteiger partial charge is 0.324 e. The summed E-state index contributed by atoms with van der Waals surface area (Å²) in [7, 11) is -3.75. The summed E-state index contributed by atoms with van der Waals surface area (Å²) in [4.78, 5) is 46.1. The second kappa shape index (κ2) is 14.4. The van der Waals surface area contributed by atoms with Gasteiger partial charge in [-0.25, -0.2) is 18.1 Å². The molecule has 1 unspecified atom stereocenters. The molecule has 1 aliphatic rings. The second-order valence-corrected chi connectivity index (χ2v) is 12.6. The van der Waals surface area contributed by atoms with Crippen molar-refractivity contribution in [3.05, 3.63) is 89.7 Å². The van der Waals surface area contributed by atoms with E-state index in [0.717, 1.165) is 16.6 Å². The molecule has 0 spiro atoms. The van der Waals surface area contributed by atoms with Crippen LogP contribution in [-0.2, 0) is 48.7 Å². The summed E-state index contributed by atoms with van der Waals surface area (Å²) in [6.45, 7) is 2.04. The predicted molar refractivity (Wildman–Crippen MR) is 168 cm³/mol. The summed E-state index contributed by atoms with van der Waals surface area (Å²) in [6, 6.07) is 20.3.